The number of carboxylic acid groups (broad SMARTS) is 1. The number of hydrogen-bond donors (Lipinski definition) is 1. The molecular weight excluding hydrogens is 162 g/mol. The first-order valence-electron chi connectivity index (χ1n) is 3.06. The third-order valence-electron chi connectivity index (χ3n) is 1.38. The molecule has 0 atom stereocenters. The molecule has 0 fully saturated rings. The monoisotopic (exact) mass is 167 g/mol. The first-order chi connectivity index (χ1) is 5.69. The SMILES string of the molecule is O=CO.O=[N+]([O-])c1cc2cc-2c1. The molecule has 5 nitrogen and oxygen atoms in total. The summed E-state index contributed by atoms with van der Waals surface area (Å²) in [6.07, 6.45) is 0. The van der Waals surface area contributed by atoms with Gasteiger partial charge in [-0.15, -0.1) is 0 Å². The minimum atomic E-state index is -0.375. The molecule has 0 heterocycles. The van der Waals surface area contributed by atoms with Gasteiger partial charge in [0.2, 0.25) is 0 Å². The van der Waals surface area contributed by atoms with E-state index in [-0.39, 0.29) is 17.1 Å². The second-order valence-corrected chi connectivity index (χ2v) is 2.13. The van der Waals surface area contributed by atoms with E-state index in [0.29, 0.717) is 0 Å². The van der Waals surface area contributed by atoms with Crippen molar-refractivity contribution in [2.75, 3.05) is 0 Å². The van der Waals surface area contributed by atoms with E-state index in [1.54, 1.807) is 12.1 Å². The quantitative estimate of drug-likeness (QED) is 0.394. The van der Waals surface area contributed by atoms with Gasteiger partial charge in [0.05, 0.1) is 4.92 Å². The lowest BCUT2D eigenvalue weighted by Gasteiger charge is -1.78. The molecule has 0 unspecified atom stereocenters. The first-order valence-corrected chi connectivity index (χ1v) is 3.06. The summed E-state index contributed by atoms with van der Waals surface area (Å²) in [4.78, 5) is 18.0. The number of nitro groups is 1. The van der Waals surface area contributed by atoms with Gasteiger partial charge in [0.15, 0.2) is 0 Å². The van der Waals surface area contributed by atoms with Gasteiger partial charge in [-0.05, 0) is 17.2 Å². The molecule has 1 N–H and O–H groups in total. The minimum Gasteiger partial charge on any atom is -0.483 e. The molecule has 0 saturated carbocycles. The Kier molecular flexibility index (Phi) is 2.05. The summed E-state index contributed by atoms with van der Waals surface area (Å²) in [7, 11) is 0. The predicted octanol–water partition coefficient (Wildman–Crippen LogP) is 1.28. The van der Waals surface area contributed by atoms with Crippen LogP contribution in [0.25, 0.3) is 11.1 Å². The Balaban J connectivity index is 0.000000213. The fourth-order valence-electron chi connectivity index (χ4n) is 0.847. The van der Waals surface area contributed by atoms with Crippen LogP contribution < -0.4 is 0 Å². The van der Waals surface area contributed by atoms with Gasteiger partial charge in [-0.25, -0.2) is 0 Å². The highest BCUT2D eigenvalue weighted by Gasteiger charge is 2.19. The Morgan fingerprint density at radius 1 is 1.33 bits per heavy atom. The number of rotatable bonds is 1. The topological polar surface area (TPSA) is 80.4 Å². The van der Waals surface area contributed by atoms with Crippen molar-refractivity contribution in [3.05, 3.63) is 28.3 Å². The van der Waals surface area contributed by atoms with Crippen LogP contribution in [0.1, 0.15) is 0 Å². The third-order valence-corrected chi connectivity index (χ3v) is 1.38. The zero-order valence-electron chi connectivity index (χ0n) is 5.93. The van der Waals surface area contributed by atoms with Crippen molar-refractivity contribution >= 4 is 12.2 Å². The highest BCUT2D eigenvalue weighted by molar-refractivity contribution is 5.85. The van der Waals surface area contributed by atoms with Gasteiger partial charge < -0.3 is 5.11 Å². The molecule has 5 heteroatoms. The molecule has 62 valence electrons. The standard InChI is InChI=1S/C6H3NO2.CH2O2/c8-7(9)6-2-4-1-5(4)3-6;2-1-3/h1-3H;1H,(H,2,3). The van der Waals surface area contributed by atoms with E-state index < -0.39 is 0 Å². The van der Waals surface area contributed by atoms with E-state index in [1.165, 1.54) is 0 Å². The van der Waals surface area contributed by atoms with Crippen LogP contribution in [-0.2, 0) is 4.79 Å². The number of carbonyl (C=O) groups is 1. The number of non-ortho nitro benzene ring substituents is 1. The molecule has 0 amide bonds. The molecular formula is C7H5NO4. The molecule has 0 radical (unpaired) electrons. The van der Waals surface area contributed by atoms with Crippen LogP contribution in [0.3, 0.4) is 0 Å². The van der Waals surface area contributed by atoms with Crippen molar-refractivity contribution in [1.29, 1.82) is 0 Å². The van der Waals surface area contributed by atoms with Crippen LogP contribution in [0.2, 0.25) is 0 Å². The lowest BCUT2D eigenvalue weighted by molar-refractivity contribution is -0.384. The van der Waals surface area contributed by atoms with Gasteiger partial charge in [0.25, 0.3) is 12.2 Å². The molecule has 0 aromatic rings. The van der Waals surface area contributed by atoms with E-state index in [2.05, 4.69) is 0 Å². The summed E-state index contributed by atoms with van der Waals surface area (Å²) in [6, 6.07) is 5.07. The molecule has 0 aromatic heterocycles. The molecule has 12 heavy (non-hydrogen) atoms. The van der Waals surface area contributed by atoms with Crippen LogP contribution in [0.15, 0.2) is 18.2 Å². The highest BCUT2D eigenvalue weighted by atomic mass is 16.6. The highest BCUT2D eigenvalue weighted by Crippen LogP contribution is 2.39. The van der Waals surface area contributed by atoms with E-state index >= 15 is 0 Å². The molecule has 0 saturated heterocycles. The number of benzene rings is 1. The Morgan fingerprint density at radius 3 is 2.00 bits per heavy atom. The van der Waals surface area contributed by atoms with Crippen LogP contribution in [0, 0.1) is 10.1 Å². The van der Waals surface area contributed by atoms with Gasteiger partial charge in [0.1, 0.15) is 0 Å². The van der Waals surface area contributed by atoms with Crippen molar-refractivity contribution in [2.24, 2.45) is 0 Å². The van der Waals surface area contributed by atoms with Crippen LogP contribution in [0.4, 0.5) is 5.69 Å². The lowest BCUT2D eigenvalue weighted by Crippen LogP contribution is -1.82. The number of nitro benzene ring substituents is 1. The van der Waals surface area contributed by atoms with E-state index in [4.69, 9.17) is 9.90 Å². The Labute approximate surface area is 67.4 Å². The van der Waals surface area contributed by atoms with Crippen molar-refractivity contribution < 1.29 is 14.8 Å². The maximum atomic E-state index is 10.0. The Morgan fingerprint density at radius 2 is 1.75 bits per heavy atom. The largest absolute Gasteiger partial charge is 0.483 e. The summed E-state index contributed by atoms with van der Waals surface area (Å²) in [5.74, 6) is 0. The number of nitrogens with zero attached hydrogens (tertiary/aromatic N) is 1. The van der Waals surface area contributed by atoms with E-state index in [0.717, 1.165) is 11.1 Å². The second-order valence-electron chi connectivity index (χ2n) is 2.13. The van der Waals surface area contributed by atoms with Gasteiger partial charge in [-0.2, -0.15) is 0 Å². The zero-order chi connectivity index (χ0) is 9.14. The molecule has 2 rings (SSSR count). The van der Waals surface area contributed by atoms with Gasteiger partial charge in [-0.3, -0.25) is 14.9 Å². The van der Waals surface area contributed by atoms with E-state index in [9.17, 15) is 10.1 Å². The average molecular weight is 167 g/mol. The lowest BCUT2D eigenvalue weighted by atomic mass is 10.5. The van der Waals surface area contributed by atoms with Crippen LogP contribution >= 0.6 is 0 Å². The van der Waals surface area contributed by atoms with Gasteiger partial charge in [0, 0.05) is 12.1 Å². The molecule has 0 bridgehead atoms. The first kappa shape index (κ1) is 8.19. The van der Waals surface area contributed by atoms with Gasteiger partial charge in [-0.1, -0.05) is 0 Å². The van der Waals surface area contributed by atoms with Crippen molar-refractivity contribution in [3.63, 3.8) is 0 Å². The smallest absolute Gasteiger partial charge is 0.290 e. The number of hydrogen-bond acceptors (Lipinski definition) is 3. The second kappa shape index (κ2) is 3.00. The normalized spacial score (nSPS) is 9.33. The summed E-state index contributed by atoms with van der Waals surface area (Å²) in [5.41, 5.74) is 2.24. The van der Waals surface area contributed by atoms with Crippen LogP contribution in [-0.4, -0.2) is 16.5 Å². The molecule has 2 aliphatic rings. The molecule has 0 aromatic carbocycles. The van der Waals surface area contributed by atoms with Crippen molar-refractivity contribution in [1.82, 2.24) is 0 Å². The van der Waals surface area contributed by atoms with Crippen molar-refractivity contribution in [3.8, 4) is 11.1 Å². The maximum Gasteiger partial charge on any atom is 0.290 e. The molecule has 2 aliphatic carbocycles. The Bertz CT molecular complexity index is 314. The summed E-state index contributed by atoms with van der Waals surface area (Å²) in [5, 5.41) is 16.9. The van der Waals surface area contributed by atoms with Gasteiger partial charge >= 0.3 is 0 Å². The summed E-state index contributed by atoms with van der Waals surface area (Å²) >= 11 is 0. The average Bonchev–Trinajstić information content (AvgIpc) is 2.60. The zero-order valence-corrected chi connectivity index (χ0v) is 5.93. The van der Waals surface area contributed by atoms with E-state index in [1.807, 2.05) is 6.07 Å². The summed E-state index contributed by atoms with van der Waals surface area (Å²) in [6.45, 7) is -0.250. The molecule has 0 aliphatic heterocycles. The van der Waals surface area contributed by atoms with Crippen molar-refractivity contribution in [2.45, 2.75) is 0 Å². The number of fused-ring (bicyclic) bond motifs is 1. The maximum absolute atomic E-state index is 10.0. The fourth-order valence-corrected chi connectivity index (χ4v) is 0.847. The fraction of sp³-hybridized carbons (Fsp3) is 0. The Hall–Kier alpha value is -1.91. The van der Waals surface area contributed by atoms with Crippen LogP contribution in [0.5, 0.6) is 0 Å². The minimum absolute atomic E-state index is 0.211. The predicted molar refractivity (Wildman–Crippen MR) is 40.8 cm³/mol. The third kappa shape index (κ3) is 1.57. The summed E-state index contributed by atoms with van der Waals surface area (Å²) < 4.78 is 0. The molecule has 0 spiro atoms.